The summed E-state index contributed by atoms with van der Waals surface area (Å²) in [4.78, 5) is 22.6. The second-order valence-corrected chi connectivity index (χ2v) is 5.77. The third kappa shape index (κ3) is 4.77. The van der Waals surface area contributed by atoms with Gasteiger partial charge in [0.2, 0.25) is 0 Å². The van der Waals surface area contributed by atoms with Crippen molar-refractivity contribution in [2.24, 2.45) is 5.41 Å². The van der Waals surface area contributed by atoms with Gasteiger partial charge in [-0.2, -0.15) is 0 Å². The molecule has 0 spiro atoms. The molecule has 1 aromatic rings. The summed E-state index contributed by atoms with van der Waals surface area (Å²) in [5.74, 6) is -0.791. The van der Waals surface area contributed by atoms with Crippen LogP contribution in [-0.2, 0) is 11.2 Å². The van der Waals surface area contributed by atoms with Gasteiger partial charge in [-0.3, -0.25) is 4.79 Å². The standard InChI is InChI=1S/C16H22N2O3/c19-14(20)11-16(8-4-9-16)12-18-15(21)17-10-7-13-5-2-1-3-6-13/h1-3,5-6H,4,7-12H2,(H,19,20)(H2,17,18,21). The second-order valence-electron chi connectivity index (χ2n) is 5.77. The lowest BCUT2D eigenvalue weighted by Crippen LogP contribution is -2.46. The zero-order valence-corrected chi connectivity index (χ0v) is 12.1. The number of hydrogen-bond acceptors (Lipinski definition) is 2. The fourth-order valence-corrected chi connectivity index (χ4v) is 2.71. The molecule has 0 atom stereocenters. The van der Waals surface area contributed by atoms with Crippen LogP contribution in [0.1, 0.15) is 31.2 Å². The summed E-state index contributed by atoms with van der Waals surface area (Å²) in [5.41, 5.74) is 0.946. The van der Waals surface area contributed by atoms with Crippen molar-refractivity contribution < 1.29 is 14.7 Å². The van der Waals surface area contributed by atoms with Crippen LogP contribution in [0.2, 0.25) is 0 Å². The molecule has 2 amide bonds. The summed E-state index contributed by atoms with van der Waals surface area (Å²) < 4.78 is 0. The summed E-state index contributed by atoms with van der Waals surface area (Å²) in [7, 11) is 0. The van der Waals surface area contributed by atoms with E-state index in [4.69, 9.17) is 5.11 Å². The van der Waals surface area contributed by atoms with E-state index in [2.05, 4.69) is 10.6 Å². The Kier molecular flexibility index (Phi) is 5.20. The number of carbonyl (C=O) groups excluding carboxylic acids is 1. The van der Waals surface area contributed by atoms with Crippen LogP contribution in [0.15, 0.2) is 30.3 Å². The van der Waals surface area contributed by atoms with Crippen LogP contribution < -0.4 is 10.6 Å². The van der Waals surface area contributed by atoms with Crippen LogP contribution in [0.3, 0.4) is 0 Å². The second kappa shape index (κ2) is 7.11. The lowest BCUT2D eigenvalue weighted by molar-refractivity contribution is -0.141. The average molecular weight is 290 g/mol. The summed E-state index contributed by atoms with van der Waals surface area (Å²) in [6.45, 7) is 1.01. The molecule has 0 aliphatic heterocycles. The molecule has 114 valence electrons. The fraction of sp³-hybridized carbons (Fsp3) is 0.500. The fourth-order valence-electron chi connectivity index (χ4n) is 2.71. The first kappa shape index (κ1) is 15.4. The Morgan fingerprint density at radius 2 is 1.86 bits per heavy atom. The molecule has 1 aromatic carbocycles. The molecule has 2 rings (SSSR count). The first-order valence-electron chi connectivity index (χ1n) is 7.37. The molecule has 1 aliphatic rings. The molecule has 21 heavy (non-hydrogen) atoms. The van der Waals surface area contributed by atoms with Gasteiger partial charge in [0.25, 0.3) is 0 Å². The zero-order valence-electron chi connectivity index (χ0n) is 12.1. The van der Waals surface area contributed by atoms with Gasteiger partial charge in [0.05, 0.1) is 6.42 Å². The SMILES string of the molecule is O=C(O)CC1(CNC(=O)NCCc2ccccc2)CCC1. The van der Waals surface area contributed by atoms with Gasteiger partial charge in [-0.15, -0.1) is 0 Å². The van der Waals surface area contributed by atoms with Crippen LogP contribution in [-0.4, -0.2) is 30.2 Å². The monoisotopic (exact) mass is 290 g/mol. The maximum atomic E-state index is 11.7. The van der Waals surface area contributed by atoms with Gasteiger partial charge in [0.1, 0.15) is 0 Å². The molecule has 0 heterocycles. The van der Waals surface area contributed by atoms with Crippen LogP contribution in [0, 0.1) is 5.41 Å². The van der Waals surface area contributed by atoms with Crippen molar-refractivity contribution in [3.63, 3.8) is 0 Å². The highest BCUT2D eigenvalue weighted by Gasteiger charge is 2.39. The number of aliphatic carboxylic acids is 1. The molecular formula is C16H22N2O3. The van der Waals surface area contributed by atoms with Crippen LogP contribution in [0.25, 0.3) is 0 Å². The number of hydrogen-bond donors (Lipinski definition) is 3. The minimum absolute atomic E-state index is 0.136. The summed E-state index contributed by atoms with van der Waals surface area (Å²) in [6.07, 6.45) is 3.73. The van der Waals surface area contributed by atoms with E-state index < -0.39 is 5.97 Å². The van der Waals surface area contributed by atoms with Crippen LogP contribution in [0.5, 0.6) is 0 Å². The van der Waals surface area contributed by atoms with Crippen LogP contribution in [0.4, 0.5) is 4.79 Å². The molecule has 3 N–H and O–H groups in total. The molecule has 1 aliphatic carbocycles. The van der Waals surface area contributed by atoms with Crippen molar-refractivity contribution in [3.05, 3.63) is 35.9 Å². The number of carboxylic acids is 1. The normalized spacial score (nSPS) is 15.8. The number of carboxylic acid groups (broad SMARTS) is 1. The van der Waals surface area contributed by atoms with Crippen molar-refractivity contribution in [1.29, 1.82) is 0 Å². The topological polar surface area (TPSA) is 78.4 Å². The highest BCUT2D eigenvalue weighted by Crippen LogP contribution is 2.43. The number of rotatable bonds is 7. The molecule has 0 saturated heterocycles. The van der Waals surface area contributed by atoms with Gasteiger partial charge in [0, 0.05) is 13.1 Å². The first-order chi connectivity index (χ1) is 10.1. The van der Waals surface area contributed by atoms with Crippen molar-refractivity contribution in [1.82, 2.24) is 10.6 Å². The molecule has 5 heteroatoms. The van der Waals surface area contributed by atoms with E-state index in [1.165, 1.54) is 5.56 Å². The van der Waals surface area contributed by atoms with Gasteiger partial charge >= 0.3 is 12.0 Å². The highest BCUT2D eigenvalue weighted by atomic mass is 16.4. The lowest BCUT2D eigenvalue weighted by atomic mass is 9.66. The summed E-state index contributed by atoms with van der Waals surface area (Å²) >= 11 is 0. The Balaban J connectivity index is 1.66. The Bertz CT molecular complexity index is 484. The lowest BCUT2D eigenvalue weighted by Gasteiger charge is -2.40. The van der Waals surface area contributed by atoms with Crippen molar-refractivity contribution in [3.8, 4) is 0 Å². The Morgan fingerprint density at radius 1 is 1.14 bits per heavy atom. The smallest absolute Gasteiger partial charge is 0.314 e. The van der Waals surface area contributed by atoms with Crippen LogP contribution >= 0.6 is 0 Å². The van der Waals surface area contributed by atoms with Crippen molar-refractivity contribution in [2.75, 3.05) is 13.1 Å². The predicted molar refractivity (Wildman–Crippen MR) is 80.1 cm³/mol. The molecule has 1 saturated carbocycles. The van der Waals surface area contributed by atoms with E-state index in [9.17, 15) is 9.59 Å². The summed E-state index contributed by atoms with van der Waals surface area (Å²) in [5, 5.41) is 14.5. The van der Waals surface area contributed by atoms with E-state index in [-0.39, 0.29) is 17.9 Å². The maximum absolute atomic E-state index is 11.7. The maximum Gasteiger partial charge on any atom is 0.314 e. The third-order valence-corrected chi connectivity index (χ3v) is 4.11. The number of carbonyl (C=O) groups is 2. The van der Waals surface area contributed by atoms with Gasteiger partial charge in [0.15, 0.2) is 0 Å². The van der Waals surface area contributed by atoms with E-state index >= 15 is 0 Å². The molecular weight excluding hydrogens is 268 g/mol. The predicted octanol–water partition coefficient (Wildman–Crippen LogP) is 2.17. The zero-order chi connectivity index (χ0) is 15.1. The molecule has 0 radical (unpaired) electrons. The minimum atomic E-state index is -0.791. The molecule has 1 fully saturated rings. The van der Waals surface area contributed by atoms with Gasteiger partial charge in [-0.25, -0.2) is 4.79 Å². The van der Waals surface area contributed by atoms with Gasteiger partial charge in [-0.1, -0.05) is 36.8 Å². The number of nitrogens with one attached hydrogen (secondary N) is 2. The Labute approximate surface area is 124 Å². The number of amides is 2. The Hall–Kier alpha value is -2.04. The van der Waals surface area contributed by atoms with E-state index in [1.807, 2.05) is 30.3 Å². The first-order valence-corrected chi connectivity index (χ1v) is 7.37. The molecule has 5 nitrogen and oxygen atoms in total. The third-order valence-electron chi connectivity index (χ3n) is 4.11. The van der Waals surface area contributed by atoms with Gasteiger partial charge < -0.3 is 15.7 Å². The van der Waals surface area contributed by atoms with Crippen molar-refractivity contribution >= 4 is 12.0 Å². The van der Waals surface area contributed by atoms with Gasteiger partial charge in [-0.05, 0) is 30.2 Å². The average Bonchev–Trinajstić information content (AvgIpc) is 2.42. The van der Waals surface area contributed by atoms with E-state index in [0.29, 0.717) is 13.1 Å². The quantitative estimate of drug-likeness (QED) is 0.720. The summed E-state index contributed by atoms with van der Waals surface area (Å²) in [6, 6.07) is 9.74. The Morgan fingerprint density at radius 3 is 2.43 bits per heavy atom. The van der Waals surface area contributed by atoms with E-state index in [0.717, 1.165) is 25.7 Å². The molecule has 0 aromatic heterocycles. The minimum Gasteiger partial charge on any atom is -0.481 e. The molecule has 0 unspecified atom stereocenters. The van der Waals surface area contributed by atoms with Crippen molar-refractivity contribution in [2.45, 2.75) is 32.1 Å². The number of benzene rings is 1. The molecule has 0 bridgehead atoms. The number of urea groups is 1. The highest BCUT2D eigenvalue weighted by molar-refractivity contribution is 5.74. The largest absolute Gasteiger partial charge is 0.481 e. The van der Waals surface area contributed by atoms with E-state index in [1.54, 1.807) is 0 Å².